The fraction of sp³-hybridized carbons (Fsp3) is 0.895. The van der Waals surface area contributed by atoms with Crippen molar-refractivity contribution in [2.24, 2.45) is 5.41 Å². The van der Waals surface area contributed by atoms with Crippen molar-refractivity contribution in [1.29, 1.82) is 0 Å². The van der Waals surface area contributed by atoms with Crippen molar-refractivity contribution in [1.82, 2.24) is 15.1 Å². The van der Waals surface area contributed by atoms with Crippen LogP contribution in [-0.4, -0.2) is 65.7 Å². The Hall–Kier alpha value is -1.30. The highest BCUT2D eigenvalue weighted by Crippen LogP contribution is 2.33. The number of nitrogens with zero attached hydrogens (tertiary/aromatic N) is 2. The molecule has 1 saturated carbocycles. The van der Waals surface area contributed by atoms with Gasteiger partial charge in [0.15, 0.2) is 0 Å². The first-order chi connectivity index (χ1) is 11.9. The molecule has 2 fully saturated rings. The Bertz CT molecular complexity index is 439. The number of likely N-dealkylation sites (N-methyl/N-ethyl adjacent to an activating group) is 1. The number of hydrogen-bond acceptors (Lipinski definition) is 3. The van der Waals surface area contributed by atoms with Crippen LogP contribution in [0.5, 0.6) is 0 Å². The minimum atomic E-state index is -0.779. The number of carbonyl (C=O) groups excluding carboxylic acids is 1. The summed E-state index contributed by atoms with van der Waals surface area (Å²) >= 11 is 0. The van der Waals surface area contributed by atoms with Crippen LogP contribution >= 0.6 is 0 Å². The number of hydrogen-bond donors (Lipinski definition) is 2. The Kier molecular flexibility index (Phi) is 7.54. The Morgan fingerprint density at radius 1 is 1.16 bits per heavy atom. The van der Waals surface area contributed by atoms with E-state index in [0.717, 1.165) is 25.9 Å². The predicted molar refractivity (Wildman–Crippen MR) is 98.7 cm³/mol. The van der Waals surface area contributed by atoms with Crippen molar-refractivity contribution < 1.29 is 14.7 Å². The number of carbonyl (C=O) groups is 2. The number of nitrogens with one attached hydrogen (secondary N) is 1. The second kappa shape index (κ2) is 9.41. The standard InChI is InChI=1S/C19H35N3O3/c1-3-21(14-17(23)24)16-8-12-22(13-9-16)18(25)20-15-19(2)10-6-4-5-7-11-19/h16H,3-15H2,1-2H3,(H,20,25)(H,23,24). The van der Waals surface area contributed by atoms with Gasteiger partial charge in [-0.25, -0.2) is 4.79 Å². The number of aliphatic carboxylic acids is 1. The van der Waals surface area contributed by atoms with Gasteiger partial charge in [0.2, 0.25) is 0 Å². The number of carboxylic acid groups (broad SMARTS) is 1. The Labute approximate surface area is 151 Å². The van der Waals surface area contributed by atoms with Crippen LogP contribution in [0.15, 0.2) is 0 Å². The van der Waals surface area contributed by atoms with E-state index in [0.29, 0.717) is 13.1 Å². The average molecular weight is 354 g/mol. The normalized spacial score (nSPS) is 21.8. The monoisotopic (exact) mass is 353 g/mol. The molecule has 6 heteroatoms. The first-order valence-corrected chi connectivity index (χ1v) is 9.92. The molecule has 2 aliphatic rings. The maximum atomic E-state index is 12.5. The predicted octanol–water partition coefficient (Wildman–Crippen LogP) is 2.93. The molecule has 2 N–H and O–H groups in total. The zero-order chi connectivity index (χ0) is 18.3. The molecule has 0 aromatic carbocycles. The lowest BCUT2D eigenvalue weighted by molar-refractivity contribution is -0.139. The summed E-state index contributed by atoms with van der Waals surface area (Å²) in [7, 11) is 0. The van der Waals surface area contributed by atoms with Gasteiger partial charge in [-0.15, -0.1) is 0 Å². The summed E-state index contributed by atoms with van der Waals surface area (Å²) in [5, 5.41) is 12.2. The molecular formula is C19H35N3O3. The van der Waals surface area contributed by atoms with Crippen LogP contribution in [0.25, 0.3) is 0 Å². The van der Waals surface area contributed by atoms with E-state index in [9.17, 15) is 9.59 Å². The quantitative estimate of drug-likeness (QED) is 0.720. The van der Waals surface area contributed by atoms with Crippen LogP contribution in [0.1, 0.15) is 65.2 Å². The van der Waals surface area contributed by atoms with Gasteiger partial charge in [0.1, 0.15) is 0 Å². The molecular weight excluding hydrogens is 318 g/mol. The SMILES string of the molecule is CCN(CC(=O)O)C1CCN(C(=O)NCC2(C)CCCCCC2)CC1. The minimum absolute atomic E-state index is 0.0465. The number of likely N-dealkylation sites (tertiary alicyclic amines) is 1. The topological polar surface area (TPSA) is 72.9 Å². The number of carboxylic acids is 1. The zero-order valence-electron chi connectivity index (χ0n) is 15.9. The lowest BCUT2D eigenvalue weighted by Crippen LogP contribution is -2.51. The largest absolute Gasteiger partial charge is 0.480 e. The van der Waals surface area contributed by atoms with E-state index >= 15 is 0 Å². The number of rotatable bonds is 6. The van der Waals surface area contributed by atoms with Gasteiger partial charge in [-0.3, -0.25) is 9.69 Å². The number of piperidine rings is 1. The second-order valence-electron chi connectivity index (χ2n) is 8.06. The molecule has 0 aromatic heterocycles. The molecule has 2 amide bonds. The van der Waals surface area contributed by atoms with Gasteiger partial charge in [0.25, 0.3) is 0 Å². The van der Waals surface area contributed by atoms with E-state index in [4.69, 9.17) is 5.11 Å². The number of amides is 2. The van der Waals surface area contributed by atoms with Gasteiger partial charge in [-0.05, 0) is 37.6 Å². The zero-order valence-corrected chi connectivity index (χ0v) is 15.9. The summed E-state index contributed by atoms with van der Waals surface area (Å²) in [6.07, 6.45) is 9.30. The Morgan fingerprint density at radius 2 is 1.76 bits per heavy atom. The summed E-state index contributed by atoms with van der Waals surface area (Å²) < 4.78 is 0. The smallest absolute Gasteiger partial charge is 0.317 e. The molecule has 2 rings (SSSR count). The highest BCUT2D eigenvalue weighted by molar-refractivity contribution is 5.74. The maximum Gasteiger partial charge on any atom is 0.317 e. The van der Waals surface area contributed by atoms with E-state index in [2.05, 4.69) is 12.2 Å². The highest BCUT2D eigenvalue weighted by Gasteiger charge is 2.29. The summed E-state index contributed by atoms with van der Waals surface area (Å²) in [4.78, 5) is 27.4. The molecule has 25 heavy (non-hydrogen) atoms. The van der Waals surface area contributed by atoms with Crippen molar-refractivity contribution in [2.45, 2.75) is 71.3 Å². The minimum Gasteiger partial charge on any atom is -0.480 e. The van der Waals surface area contributed by atoms with Gasteiger partial charge in [0, 0.05) is 25.7 Å². The molecule has 0 unspecified atom stereocenters. The maximum absolute atomic E-state index is 12.5. The molecule has 1 aliphatic carbocycles. The Balaban J connectivity index is 1.76. The van der Waals surface area contributed by atoms with Gasteiger partial charge in [-0.1, -0.05) is 39.5 Å². The van der Waals surface area contributed by atoms with Gasteiger partial charge < -0.3 is 15.3 Å². The highest BCUT2D eigenvalue weighted by atomic mass is 16.4. The third-order valence-electron chi connectivity index (χ3n) is 5.99. The molecule has 1 aliphatic heterocycles. The third kappa shape index (κ3) is 6.17. The van der Waals surface area contributed by atoms with E-state index in [1.807, 2.05) is 16.7 Å². The van der Waals surface area contributed by atoms with E-state index in [1.54, 1.807) is 0 Å². The summed E-state index contributed by atoms with van der Waals surface area (Å²) in [5.74, 6) is -0.779. The first-order valence-electron chi connectivity index (χ1n) is 9.92. The van der Waals surface area contributed by atoms with Crippen molar-refractivity contribution in [3.63, 3.8) is 0 Å². The third-order valence-corrected chi connectivity index (χ3v) is 5.99. The molecule has 144 valence electrons. The van der Waals surface area contributed by atoms with Crippen molar-refractivity contribution in [3.05, 3.63) is 0 Å². The summed E-state index contributed by atoms with van der Waals surface area (Å²) in [6.45, 7) is 7.32. The molecule has 0 radical (unpaired) electrons. The molecule has 0 aromatic rings. The lowest BCUT2D eigenvalue weighted by atomic mass is 9.82. The molecule has 1 saturated heterocycles. The average Bonchev–Trinajstić information content (AvgIpc) is 2.82. The van der Waals surface area contributed by atoms with E-state index < -0.39 is 5.97 Å². The van der Waals surface area contributed by atoms with Crippen molar-refractivity contribution >= 4 is 12.0 Å². The van der Waals surface area contributed by atoms with Crippen LogP contribution in [0, 0.1) is 5.41 Å². The van der Waals surface area contributed by atoms with E-state index in [-0.39, 0.29) is 24.0 Å². The van der Waals surface area contributed by atoms with Crippen LogP contribution in [0.3, 0.4) is 0 Å². The van der Waals surface area contributed by atoms with Crippen LogP contribution < -0.4 is 5.32 Å². The number of urea groups is 1. The Morgan fingerprint density at radius 3 is 2.28 bits per heavy atom. The van der Waals surface area contributed by atoms with Crippen LogP contribution in [-0.2, 0) is 4.79 Å². The molecule has 0 bridgehead atoms. The van der Waals surface area contributed by atoms with Gasteiger partial charge in [-0.2, -0.15) is 0 Å². The fourth-order valence-corrected chi connectivity index (χ4v) is 4.27. The van der Waals surface area contributed by atoms with Crippen molar-refractivity contribution in [3.8, 4) is 0 Å². The van der Waals surface area contributed by atoms with Crippen LogP contribution in [0.2, 0.25) is 0 Å². The van der Waals surface area contributed by atoms with Crippen molar-refractivity contribution in [2.75, 3.05) is 32.7 Å². The molecule has 1 heterocycles. The van der Waals surface area contributed by atoms with Gasteiger partial charge >= 0.3 is 12.0 Å². The van der Waals surface area contributed by atoms with Crippen LogP contribution in [0.4, 0.5) is 4.79 Å². The molecule has 0 spiro atoms. The van der Waals surface area contributed by atoms with Gasteiger partial charge in [0.05, 0.1) is 6.54 Å². The molecule has 6 nitrogen and oxygen atoms in total. The fourth-order valence-electron chi connectivity index (χ4n) is 4.27. The molecule has 0 atom stereocenters. The summed E-state index contributed by atoms with van der Waals surface area (Å²) in [6, 6.07) is 0.315. The van der Waals surface area contributed by atoms with E-state index in [1.165, 1.54) is 38.5 Å². The second-order valence-corrected chi connectivity index (χ2v) is 8.06. The summed E-state index contributed by atoms with van der Waals surface area (Å²) in [5.41, 5.74) is 0.241. The lowest BCUT2D eigenvalue weighted by Gasteiger charge is -2.38. The first kappa shape index (κ1) is 20.0.